The standard InChI is InChI=1S/C74H149N3O6/c1-5-9-13-17-21-25-29-33-37-41-45-49-57-67-83-74(81)60-61-75-68-72(79)70-77(63-53-47-43-39-35-31-27-23-19-15-11-7-3)65-55-54-64-76(62-52-46-42-38-34-30-26-22-18-14-10-6-2)69-71(78)58-50-51-59-73(80)82-66-56-48-44-40-36-32-28-24-20-16-12-8-4/h71-72,75,78-79H,5-70H2,1-4H3. The first-order valence-electron chi connectivity index (χ1n) is 37.7. The van der Waals surface area contributed by atoms with Gasteiger partial charge in [-0.2, -0.15) is 0 Å². The Bertz CT molecular complexity index is 1260. The van der Waals surface area contributed by atoms with E-state index in [4.69, 9.17) is 9.47 Å². The van der Waals surface area contributed by atoms with Gasteiger partial charge in [0.25, 0.3) is 0 Å². The van der Waals surface area contributed by atoms with Gasteiger partial charge in [0.2, 0.25) is 0 Å². The van der Waals surface area contributed by atoms with Crippen molar-refractivity contribution in [3.63, 3.8) is 0 Å². The minimum atomic E-state index is -0.493. The third-order valence-electron chi connectivity index (χ3n) is 17.6. The zero-order valence-electron chi connectivity index (χ0n) is 56.7. The summed E-state index contributed by atoms with van der Waals surface area (Å²) in [5.41, 5.74) is 0. The first-order valence-corrected chi connectivity index (χ1v) is 37.7. The lowest BCUT2D eigenvalue weighted by atomic mass is 10.0. The van der Waals surface area contributed by atoms with E-state index in [2.05, 4.69) is 42.8 Å². The van der Waals surface area contributed by atoms with E-state index in [1.165, 1.54) is 283 Å². The molecular formula is C74H149N3O6. The Kier molecular flexibility index (Phi) is 68.8. The number of hydrogen-bond acceptors (Lipinski definition) is 9. The van der Waals surface area contributed by atoms with Crippen LogP contribution in [0.1, 0.15) is 387 Å². The first-order chi connectivity index (χ1) is 40.9. The summed E-state index contributed by atoms with van der Waals surface area (Å²) in [5, 5.41) is 25.9. The largest absolute Gasteiger partial charge is 0.466 e. The van der Waals surface area contributed by atoms with Crippen LogP contribution in [0.4, 0.5) is 0 Å². The van der Waals surface area contributed by atoms with Crippen molar-refractivity contribution in [1.29, 1.82) is 0 Å². The molecule has 0 aliphatic carbocycles. The number of ether oxygens (including phenoxy) is 2. The molecule has 0 aliphatic heterocycles. The summed E-state index contributed by atoms with van der Waals surface area (Å²) in [7, 11) is 0. The van der Waals surface area contributed by atoms with Crippen molar-refractivity contribution in [2.75, 3.05) is 65.6 Å². The van der Waals surface area contributed by atoms with Crippen LogP contribution in [0, 0.1) is 0 Å². The summed E-state index contributed by atoms with van der Waals surface area (Å²) >= 11 is 0. The minimum Gasteiger partial charge on any atom is -0.466 e. The van der Waals surface area contributed by atoms with Gasteiger partial charge < -0.3 is 34.8 Å². The number of nitrogens with one attached hydrogen (secondary N) is 1. The zero-order chi connectivity index (χ0) is 60.3. The number of aliphatic hydroxyl groups excluding tert-OH is 2. The number of rotatable bonds is 72. The van der Waals surface area contributed by atoms with Crippen molar-refractivity contribution in [1.82, 2.24) is 15.1 Å². The molecule has 496 valence electrons. The summed E-state index contributed by atoms with van der Waals surface area (Å²) in [4.78, 5) is 30.0. The molecule has 0 aromatic heterocycles. The smallest absolute Gasteiger partial charge is 0.307 e. The quantitative estimate of drug-likeness (QED) is 0.0405. The average Bonchev–Trinajstić information content (AvgIpc) is 3.48. The monoisotopic (exact) mass is 1180 g/mol. The van der Waals surface area contributed by atoms with Crippen LogP contribution in [0.5, 0.6) is 0 Å². The van der Waals surface area contributed by atoms with Gasteiger partial charge in [-0.15, -0.1) is 0 Å². The highest BCUT2D eigenvalue weighted by Gasteiger charge is 2.16. The van der Waals surface area contributed by atoms with E-state index in [1.54, 1.807) is 0 Å². The molecule has 0 saturated heterocycles. The van der Waals surface area contributed by atoms with Gasteiger partial charge in [0.05, 0.1) is 31.8 Å². The van der Waals surface area contributed by atoms with E-state index in [-0.39, 0.29) is 18.0 Å². The number of unbranched alkanes of at least 4 members (excludes halogenated alkanes) is 47. The van der Waals surface area contributed by atoms with Crippen LogP contribution in [-0.2, 0) is 19.1 Å². The summed E-state index contributed by atoms with van der Waals surface area (Å²) in [6.07, 6.45) is 69.1. The van der Waals surface area contributed by atoms with E-state index in [0.717, 1.165) is 90.4 Å². The van der Waals surface area contributed by atoms with Crippen molar-refractivity contribution in [2.24, 2.45) is 0 Å². The normalized spacial score (nSPS) is 12.5. The molecule has 0 fully saturated rings. The van der Waals surface area contributed by atoms with E-state index >= 15 is 0 Å². The van der Waals surface area contributed by atoms with Crippen molar-refractivity contribution in [3.8, 4) is 0 Å². The number of nitrogens with zero attached hydrogens (tertiary/aromatic N) is 2. The maximum atomic E-state index is 12.5. The van der Waals surface area contributed by atoms with Crippen LogP contribution in [-0.4, -0.2) is 110 Å². The molecule has 9 nitrogen and oxygen atoms in total. The lowest BCUT2D eigenvalue weighted by Crippen LogP contribution is -2.40. The van der Waals surface area contributed by atoms with Gasteiger partial charge >= 0.3 is 11.9 Å². The van der Waals surface area contributed by atoms with Crippen molar-refractivity contribution < 1.29 is 29.3 Å². The SMILES string of the molecule is CCCCCCCCCCCCCCCOC(=O)CCNCC(O)CN(CCCCCCCCCCCCCC)CCCCN(CCCCCCCCCCCCCC)CC(O)CCCCC(=O)OCCCCCCCCCCCCCC. The maximum absolute atomic E-state index is 12.5. The Morgan fingerprint density at radius 1 is 0.313 bits per heavy atom. The summed E-state index contributed by atoms with van der Waals surface area (Å²) < 4.78 is 11.1. The van der Waals surface area contributed by atoms with Crippen LogP contribution >= 0.6 is 0 Å². The molecule has 0 saturated carbocycles. The number of carbonyl (C=O) groups excluding carboxylic acids is 2. The maximum Gasteiger partial charge on any atom is 0.307 e. The van der Waals surface area contributed by atoms with E-state index in [0.29, 0.717) is 52.2 Å². The van der Waals surface area contributed by atoms with Gasteiger partial charge in [-0.25, -0.2) is 0 Å². The summed E-state index contributed by atoms with van der Waals surface area (Å²) in [5.74, 6) is -0.225. The van der Waals surface area contributed by atoms with E-state index < -0.39 is 6.10 Å². The van der Waals surface area contributed by atoms with Gasteiger partial charge in [0, 0.05) is 32.6 Å². The fourth-order valence-electron chi connectivity index (χ4n) is 12.1. The van der Waals surface area contributed by atoms with Crippen LogP contribution < -0.4 is 5.32 Å². The third kappa shape index (κ3) is 66.5. The number of hydrogen-bond donors (Lipinski definition) is 3. The Morgan fingerprint density at radius 3 is 0.880 bits per heavy atom. The average molecular weight is 1180 g/mol. The minimum absolute atomic E-state index is 0.0832. The Labute approximate surface area is 519 Å². The Hall–Kier alpha value is -1.26. The van der Waals surface area contributed by atoms with Gasteiger partial charge in [-0.3, -0.25) is 9.59 Å². The Morgan fingerprint density at radius 2 is 0.566 bits per heavy atom. The summed E-state index contributed by atoms with van der Waals surface area (Å²) in [6.45, 7) is 16.5. The van der Waals surface area contributed by atoms with Crippen LogP contribution in [0.2, 0.25) is 0 Å². The summed E-state index contributed by atoms with van der Waals surface area (Å²) in [6, 6.07) is 0. The fraction of sp³-hybridized carbons (Fsp3) is 0.973. The van der Waals surface area contributed by atoms with Gasteiger partial charge in [-0.1, -0.05) is 323 Å². The molecule has 2 atom stereocenters. The first kappa shape index (κ1) is 81.7. The highest BCUT2D eigenvalue weighted by molar-refractivity contribution is 5.69. The number of esters is 2. The highest BCUT2D eigenvalue weighted by atomic mass is 16.5. The molecule has 0 amide bonds. The molecule has 3 N–H and O–H groups in total. The molecular weight excluding hydrogens is 1030 g/mol. The molecule has 2 unspecified atom stereocenters. The molecule has 9 heteroatoms. The van der Waals surface area contributed by atoms with Crippen LogP contribution in [0.25, 0.3) is 0 Å². The zero-order valence-corrected chi connectivity index (χ0v) is 56.7. The highest BCUT2D eigenvalue weighted by Crippen LogP contribution is 2.18. The Balaban J connectivity index is 4.96. The molecule has 0 radical (unpaired) electrons. The van der Waals surface area contributed by atoms with Crippen LogP contribution in [0.15, 0.2) is 0 Å². The molecule has 0 bridgehead atoms. The van der Waals surface area contributed by atoms with Crippen molar-refractivity contribution >= 4 is 11.9 Å². The lowest BCUT2D eigenvalue weighted by molar-refractivity contribution is -0.144. The fourth-order valence-corrected chi connectivity index (χ4v) is 12.1. The molecule has 0 rings (SSSR count). The second kappa shape index (κ2) is 69.8. The number of carbonyl (C=O) groups is 2. The second-order valence-corrected chi connectivity index (χ2v) is 26.2. The molecule has 0 spiro atoms. The van der Waals surface area contributed by atoms with Crippen molar-refractivity contribution in [2.45, 2.75) is 399 Å². The van der Waals surface area contributed by atoms with Gasteiger partial charge in [0.1, 0.15) is 0 Å². The topological polar surface area (TPSA) is 112 Å². The molecule has 0 aromatic carbocycles. The lowest BCUT2D eigenvalue weighted by Gasteiger charge is -2.27. The van der Waals surface area contributed by atoms with Gasteiger partial charge in [-0.05, 0) is 77.5 Å². The predicted molar refractivity (Wildman–Crippen MR) is 361 cm³/mol. The van der Waals surface area contributed by atoms with Crippen LogP contribution in [0.3, 0.4) is 0 Å². The third-order valence-corrected chi connectivity index (χ3v) is 17.6. The predicted octanol–water partition coefficient (Wildman–Crippen LogP) is 20.9. The molecule has 0 heterocycles. The van der Waals surface area contributed by atoms with E-state index in [1.807, 2.05) is 0 Å². The van der Waals surface area contributed by atoms with Gasteiger partial charge in [0.15, 0.2) is 0 Å². The second-order valence-electron chi connectivity index (χ2n) is 26.2. The molecule has 0 aliphatic rings. The molecule has 0 aromatic rings. The van der Waals surface area contributed by atoms with Crippen molar-refractivity contribution in [3.05, 3.63) is 0 Å². The van der Waals surface area contributed by atoms with E-state index in [9.17, 15) is 19.8 Å². The molecule has 83 heavy (non-hydrogen) atoms. The number of aliphatic hydroxyl groups is 2.